The first kappa shape index (κ1) is 17.0. The second kappa shape index (κ2) is 7.36. The normalized spacial score (nSPS) is 16.3. The summed E-state index contributed by atoms with van der Waals surface area (Å²) >= 11 is 7.03. The maximum absolute atomic E-state index is 12.2. The van der Waals surface area contributed by atoms with Crippen molar-refractivity contribution >= 4 is 39.8 Å². The Hall–Kier alpha value is -1.85. The predicted molar refractivity (Wildman–Crippen MR) is 96.2 cm³/mol. The summed E-state index contributed by atoms with van der Waals surface area (Å²) in [4.78, 5) is 25.0. The van der Waals surface area contributed by atoms with E-state index in [1.807, 2.05) is 18.2 Å². The maximum Gasteiger partial charge on any atom is 0.341 e. The van der Waals surface area contributed by atoms with Crippen molar-refractivity contribution in [1.82, 2.24) is 0 Å². The zero-order valence-electron chi connectivity index (χ0n) is 13.3. The van der Waals surface area contributed by atoms with Crippen molar-refractivity contribution < 1.29 is 14.3 Å². The molecular formula is C18H18ClNO3S. The standard InChI is InChI=1S/C18H18ClNO3S/c1-23-18(22)16-13-8-7-12(11-5-3-2-4-6-11)9-14(13)24-17(16)20-15(21)10-19/h2-6,12H,7-10H2,1H3,(H,20,21)/t12-/m1/s1. The number of halogens is 1. The van der Waals surface area contributed by atoms with Gasteiger partial charge in [0.15, 0.2) is 0 Å². The number of carbonyl (C=O) groups excluding carboxylic acids is 2. The van der Waals surface area contributed by atoms with Gasteiger partial charge in [-0.05, 0) is 36.3 Å². The van der Waals surface area contributed by atoms with Gasteiger partial charge in [0.2, 0.25) is 5.91 Å². The van der Waals surface area contributed by atoms with Crippen LogP contribution in [0.25, 0.3) is 0 Å². The number of amides is 1. The molecule has 1 aromatic carbocycles. The largest absolute Gasteiger partial charge is 0.465 e. The van der Waals surface area contributed by atoms with Crippen LogP contribution >= 0.6 is 22.9 Å². The van der Waals surface area contributed by atoms with E-state index in [0.29, 0.717) is 16.5 Å². The number of hydrogen-bond donors (Lipinski definition) is 1. The summed E-state index contributed by atoms with van der Waals surface area (Å²) in [6, 6.07) is 10.4. The minimum absolute atomic E-state index is 0.143. The molecule has 0 radical (unpaired) electrons. The summed E-state index contributed by atoms with van der Waals surface area (Å²) in [5, 5.41) is 3.28. The molecule has 0 unspecified atom stereocenters. The third kappa shape index (κ3) is 3.32. The quantitative estimate of drug-likeness (QED) is 0.660. The van der Waals surface area contributed by atoms with Crippen molar-refractivity contribution in [2.24, 2.45) is 0 Å². The van der Waals surface area contributed by atoms with Gasteiger partial charge in [0.25, 0.3) is 0 Å². The van der Waals surface area contributed by atoms with Gasteiger partial charge in [-0.15, -0.1) is 22.9 Å². The van der Waals surface area contributed by atoms with E-state index in [1.165, 1.54) is 24.0 Å². The topological polar surface area (TPSA) is 55.4 Å². The molecule has 0 fully saturated rings. The van der Waals surface area contributed by atoms with Crippen molar-refractivity contribution in [3.05, 3.63) is 51.9 Å². The van der Waals surface area contributed by atoms with E-state index in [4.69, 9.17) is 16.3 Å². The molecule has 1 N–H and O–H groups in total. The van der Waals surface area contributed by atoms with Crippen LogP contribution in [0.5, 0.6) is 0 Å². The van der Waals surface area contributed by atoms with Gasteiger partial charge in [-0.1, -0.05) is 30.3 Å². The molecule has 126 valence electrons. The number of methoxy groups -OCH3 is 1. The summed E-state index contributed by atoms with van der Waals surface area (Å²) in [6.07, 6.45) is 2.64. The van der Waals surface area contributed by atoms with Gasteiger partial charge in [-0.25, -0.2) is 4.79 Å². The molecule has 1 aromatic heterocycles. The summed E-state index contributed by atoms with van der Waals surface area (Å²) in [5.74, 6) is -0.439. The summed E-state index contributed by atoms with van der Waals surface area (Å²) in [6.45, 7) is 0. The van der Waals surface area contributed by atoms with Crippen molar-refractivity contribution in [2.45, 2.75) is 25.2 Å². The van der Waals surface area contributed by atoms with Crippen LogP contribution in [0.3, 0.4) is 0 Å². The van der Waals surface area contributed by atoms with Gasteiger partial charge >= 0.3 is 5.97 Å². The van der Waals surface area contributed by atoms with Crippen molar-refractivity contribution in [3.63, 3.8) is 0 Å². The van der Waals surface area contributed by atoms with E-state index >= 15 is 0 Å². The van der Waals surface area contributed by atoms with E-state index in [-0.39, 0.29) is 11.8 Å². The zero-order chi connectivity index (χ0) is 17.1. The van der Waals surface area contributed by atoms with Gasteiger partial charge in [-0.2, -0.15) is 0 Å². The Morgan fingerprint density at radius 3 is 2.75 bits per heavy atom. The number of hydrogen-bond acceptors (Lipinski definition) is 4. The van der Waals surface area contributed by atoms with Crippen LogP contribution in [0.1, 0.15) is 38.7 Å². The Kier molecular flexibility index (Phi) is 5.21. The molecule has 3 rings (SSSR count). The minimum Gasteiger partial charge on any atom is -0.465 e. The van der Waals surface area contributed by atoms with Crippen LogP contribution in [0.4, 0.5) is 5.00 Å². The Labute approximate surface area is 149 Å². The highest BCUT2D eigenvalue weighted by Gasteiger charge is 2.30. The number of ether oxygens (including phenoxy) is 1. The van der Waals surface area contributed by atoms with Gasteiger partial charge in [0.05, 0.1) is 12.7 Å². The van der Waals surface area contributed by atoms with E-state index in [2.05, 4.69) is 17.4 Å². The monoisotopic (exact) mass is 363 g/mol. The molecule has 2 aromatic rings. The number of anilines is 1. The van der Waals surface area contributed by atoms with Gasteiger partial charge in [0.1, 0.15) is 10.9 Å². The third-order valence-electron chi connectivity index (χ3n) is 4.30. The molecule has 1 aliphatic carbocycles. The van der Waals surface area contributed by atoms with E-state index in [0.717, 1.165) is 29.7 Å². The SMILES string of the molecule is COC(=O)c1c(NC(=O)CCl)sc2c1CC[C@@H](c1ccccc1)C2. The molecule has 0 aliphatic heterocycles. The molecular weight excluding hydrogens is 346 g/mol. The van der Waals surface area contributed by atoms with Crippen molar-refractivity contribution in [2.75, 3.05) is 18.3 Å². The molecule has 4 nitrogen and oxygen atoms in total. The number of alkyl halides is 1. The molecule has 0 saturated carbocycles. The van der Waals surface area contributed by atoms with Crippen LogP contribution < -0.4 is 5.32 Å². The minimum atomic E-state index is -0.407. The number of rotatable bonds is 4. The number of esters is 1. The summed E-state index contributed by atoms with van der Waals surface area (Å²) < 4.78 is 4.91. The Morgan fingerprint density at radius 1 is 1.33 bits per heavy atom. The summed E-state index contributed by atoms with van der Waals surface area (Å²) in [7, 11) is 1.36. The lowest BCUT2D eigenvalue weighted by molar-refractivity contribution is -0.113. The number of carbonyl (C=O) groups is 2. The van der Waals surface area contributed by atoms with E-state index in [1.54, 1.807) is 0 Å². The Bertz CT molecular complexity index is 757. The molecule has 6 heteroatoms. The number of benzene rings is 1. The van der Waals surface area contributed by atoms with E-state index in [9.17, 15) is 9.59 Å². The lowest BCUT2D eigenvalue weighted by Gasteiger charge is -2.22. The Morgan fingerprint density at radius 2 is 2.08 bits per heavy atom. The van der Waals surface area contributed by atoms with Gasteiger partial charge in [0, 0.05) is 4.88 Å². The highest BCUT2D eigenvalue weighted by Crippen LogP contribution is 2.42. The molecule has 1 amide bonds. The lowest BCUT2D eigenvalue weighted by Crippen LogP contribution is -2.16. The molecule has 0 spiro atoms. The average molecular weight is 364 g/mol. The van der Waals surface area contributed by atoms with E-state index < -0.39 is 5.97 Å². The maximum atomic E-state index is 12.2. The van der Waals surface area contributed by atoms with Crippen LogP contribution in [-0.2, 0) is 22.4 Å². The fourth-order valence-electron chi connectivity index (χ4n) is 3.16. The van der Waals surface area contributed by atoms with Crippen LogP contribution in [0.2, 0.25) is 0 Å². The predicted octanol–water partition coefficient (Wildman–Crippen LogP) is 3.98. The van der Waals surface area contributed by atoms with Crippen LogP contribution in [-0.4, -0.2) is 24.9 Å². The first-order valence-corrected chi connectivity index (χ1v) is 9.12. The number of nitrogens with one attached hydrogen (secondary N) is 1. The molecule has 0 saturated heterocycles. The fraction of sp³-hybridized carbons (Fsp3) is 0.333. The highest BCUT2D eigenvalue weighted by molar-refractivity contribution is 7.17. The molecule has 0 bridgehead atoms. The van der Waals surface area contributed by atoms with Gasteiger partial charge in [-0.3, -0.25) is 4.79 Å². The fourth-order valence-corrected chi connectivity index (χ4v) is 4.56. The van der Waals surface area contributed by atoms with Crippen molar-refractivity contribution in [3.8, 4) is 0 Å². The summed E-state index contributed by atoms with van der Waals surface area (Å²) in [5.41, 5.74) is 2.80. The van der Waals surface area contributed by atoms with Crippen LogP contribution in [0.15, 0.2) is 30.3 Å². The van der Waals surface area contributed by atoms with Crippen LogP contribution in [0, 0.1) is 0 Å². The number of fused-ring (bicyclic) bond motifs is 1. The first-order valence-electron chi connectivity index (χ1n) is 7.77. The zero-order valence-corrected chi connectivity index (χ0v) is 14.9. The molecule has 1 heterocycles. The average Bonchev–Trinajstić information content (AvgIpc) is 2.98. The molecule has 1 aliphatic rings. The second-order valence-electron chi connectivity index (χ2n) is 5.73. The molecule has 24 heavy (non-hydrogen) atoms. The number of thiophene rings is 1. The lowest BCUT2D eigenvalue weighted by atomic mass is 9.83. The third-order valence-corrected chi connectivity index (χ3v) is 5.71. The smallest absolute Gasteiger partial charge is 0.341 e. The van der Waals surface area contributed by atoms with Gasteiger partial charge < -0.3 is 10.1 Å². The molecule has 1 atom stereocenters. The highest BCUT2D eigenvalue weighted by atomic mass is 35.5. The first-order chi connectivity index (χ1) is 11.6. The second-order valence-corrected chi connectivity index (χ2v) is 7.10. The van der Waals surface area contributed by atoms with Crippen molar-refractivity contribution in [1.29, 1.82) is 0 Å². The Balaban J connectivity index is 1.94.